The topological polar surface area (TPSA) is 29.9 Å². The zero-order valence-corrected chi connectivity index (χ0v) is 13.0. The summed E-state index contributed by atoms with van der Waals surface area (Å²) in [6, 6.07) is 0.534. The number of aromatic nitrogens is 2. The Balaban J connectivity index is 2.06. The second kappa shape index (κ2) is 10.0. The molecule has 0 aliphatic carbocycles. The number of unbranched alkanes of at least 4 members (excludes halogenated alkanes) is 6. The van der Waals surface area contributed by atoms with Crippen molar-refractivity contribution in [3.8, 4) is 0 Å². The van der Waals surface area contributed by atoms with Gasteiger partial charge in [0.1, 0.15) is 0 Å². The number of nitrogens with zero attached hydrogens (tertiary/aromatic N) is 2. The first-order valence-corrected chi connectivity index (χ1v) is 7.97. The highest BCUT2D eigenvalue weighted by molar-refractivity contribution is 5.03. The van der Waals surface area contributed by atoms with E-state index >= 15 is 0 Å². The first-order chi connectivity index (χ1) is 9.22. The van der Waals surface area contributed by atoms with Crippen molar-refractivity contribution in [3.63, 3.8) is 0 Å². The van der Waals surface area contributed by atoms with Crippen LogP contribution in [0.2, 0.25) is 0 Å². The normalized spacial score (nSPS) is 11.4. The highest BCUT2D eigenvalue weighted by atomic mass is 15.3. The molecule has 0 bridgehead atoms. The van der Waals surface area contributed by atoms with Crippen LogP contribution >= 0.6 is 0 Å². The lowest BCUT2D eigenvalue weighted by atomic mass is 10.1. The number of hydrogen-bond donors (Lipinski definition) is 1. The Kier molecular flexibility index (Phi) is 8.55. The van der Waals surface area contributed by atoms with E-state index in [0.29, 0.717) is 6.04 Å². The van der Waals surface area contributed by atoms with E-state index in [9.17, 15) is 0 Å². The van der Waals surface area contributed by atoms with Crippen LogP contribution in [-0.2, 0) is 13.1 Å². The van der Waals surface area contributed by atoms with Gasteiger partial charge in [0, 0.05) is 30.9 Å². The summed E-state index contributed by atoms with van der Waals surface area (Å²) >= 11 is 0. The van der Waals surface area contributed by atoms with Crippen LogP contribution < -0.4 is 5.32 Å². The van der Waals surface area contributed by atoms with E-state index in [2.05, 4.69) is 42.1 Å². The Labute approximate surface area is 118 Å². The van der Waals surface area contributed by atoms with Gasteiger partial charge in [0.2, 0.25) is 0 Å². The maximum absolute atomic E-state index is 4.42. The van der Waals surface area contributed by atoms with Crippen LogP contribution in [0.1, 0.15) is 71.3 Å². The van der Waals surface area contributed by atoms with E-state index in [4.69, 9.17) is 0 Å². The minimum atomic E-state index is 0.534. The standard InChI is InChI=1S/C16H31N3/c1-4-5-6-7-8-9-10-11-19-14-16(13-18-19)12-17-15(2)3/h13-15,17H,4-12H2,1-3H3. The van der Waals surface area contributed by atoms with Crippen molar-refractivity contribution in [2.45, 2.75) is 84.8 Å². The van der Waals surface area contributed by atoms with Crippen molar-refractivity contribution in [3.05, 3.63) is 18.0 Å². The Bertz CT molecular complexity index is 318. The molecule has 0 saturated carbocycles. The van der Waals surface area contributed by atoms with Gasteiger partial charge in [-0.05, 0) is 6.42 Å². The van der Waals surface area contributed by atoms with Gasteiger partial charge in [0.25, 0.3) is 0 Å². The Morgan fingerprint density at radius 2 is 1.79 bits per heavy atom. The van der Waals surface area contributed by atoms with E-state index in [1.807, 2.05) is 6.20 Å². The molecule has 3 nitrogen and oxygen atoms in total. The zero-order valence-electron chi connectivity index (χ0n) is 13.0. The molecule has 0 unspecified atom stereocenters. The van der Waals surface area contributed by atoms with E-state index in [1.165, 1.54) is 50.5 Å². The third-order valence-electron chi connectivity index (χ3n) is 3.39. The SMILES string of the molecule is CCCCCCCCCn1cc(CNC(C)C)cn1. The molecule has 110 valence electrons. The predicted molar refractivity (Wildman–Crippen MR) is 82.2 cm³/mol. The molecule has 0 fully saturated rings. The van der Waals surface area contributed by atoms with Crippen molar-refractivity contribution >= 4 is 0 Å². The summed E-state index contributed by atoms with van der Waals surface area (Å²) in [5.74, 6) is 0. The molecule has 0 atom stereocenters. The van der Waals surface area contributed by atoms with Gasteiger partial charge in [-0.15, -0.1) is 0 Å². The maximum Gasteiger partial charge on any atom is 0.0534 e. The van der Waals surface area contributed by atoms with Crippen LogP contribution in [0.5, 0.6) is 0 Å². The monoisotopic (exact) mass is 265 g/mol. The molecule has 3 heteroatoms. The van der Waals surface area contributed by atoms with E-state index < -0.39 is 0 Å². The van der Waals surface area contributed by atoms with Gasteiger partial charge in [0.15, 0.2) is 0 Å². The van der Waals surface area contributed by atoms with Crippen LogP contribution in [0.3, 0.4) is 0 Å². The first-order valence-electron chi connectivity index (χ1n) is 7.97. The number of aryl methyl sites for hydroxylation is 1. The van der Waals surface area contributed by atoms with E-state index in [1.54, 1.807) is 0 Å². The molecule has 0 aromatic carbocycles. The minimum absolute atomic E-state index is 0.534. The molecule has 1 aromatic rings. The zero-order chi connectivity index (χ0) is 13.9. The fourth-order valence-electron chi connectivity index (χ4n) is 2.17. The Hall–Kier alpha value is -0.830. The molecule has 1 aromatic heterocycles. The largest absolute Gasteiger partial charge is 0.310 e. The van der Waals surface area contributed by atoms with Crippen molar-refractivity contribution < 1.29 is 0 Å². The molecule has 1 rings (SSSR count). The molecule has 0 radical (unpaired) electrons. The lowest BCUT2D eigenvalue weighted by molar-refractivity contribution is 0.522. The van der Waals surface area contributed by atoms with Crippen molar-refractivity contribution in [1.29, 1.82) is 0 Å². The third kappa shape index (κ3) is 8.04. The molecule has 1 N–H and O–H groups in total. The van der Waals surface area contributed by atoms with Crippen LogP contribution in [0.4, 0.5) is 0 Å². The minimum Gasteiger partial charge on any atom is -0.310 e. The molecule has 0 saturated heterocycles. The first kappa shape index (κ1) is 16.2. The quantitative estimate of drug-likeness (QED) is 0.610. The summed E-state index contributed by atoms with van der Waals surface area (Å²) in [5.41, 5.74) is 1.29. The number of hydrogen-bond acceptors (Lipinski definition) is 2. The molecule has 0 aliphatic heterocycles. The smallest absolute Gasteiger partial charge is 0.0534 e. The second-order valence-electron chi connectivity index (χ2n) is 5.77. The van der Waals surface area contributed by atoms with Gasteiger partial charge in [-0.3, -0.25) is 4.68 Å². The summed E-state index contributed by atoms with van der Waals surface area (Å²) in [7, 11) is 0. The summed E-state index contributed by atoms with van der Waals surface area (Å²) in [6.07, 6.45) is 13.7. The van der Waals surface area contributed by atoms with Crippen molar-refractivity contribution in [1.82, 2.24) is 15.1 Å². The third-order valence-corrected chi connectivity index (χ3v) is 3.39. The summed E-state index contributed by atoms with van der Waals surface area (Å²) < 4.78 is 2.09. The lowest BCUT2D eigenvalue weighted by Crippen LogP contribution is -2.21. The summed E-state index contributed by atoms with van der Waals surface area (Å²) in [6.45, 7) is 8.60. The number of nitrogens with one attached hydrogen (secondary N) is 1. The molecule has 0 aliphatic rings. The summed E-state index contributed by atoms with van der Waals surface area (Å²) in [5, 5.41) is 7.84. The average molecular weight is 265 g/mol. The molecular weight excluding hydrogens is 234 g/mol. The molecular formula is C16H31N3. The van der Waals surface area contributed by atoms with E-state index in [0.717, 1.165) is 13.1 Å². The highest BCUT2D eigenvalue weighted by Crippen LogP contribution is 2.08. The molecule has 1 heterocycles. The molecule has 0 amide bonds. The van der Waals surface area contributed by atoms with Gasteiger partial charge < -0.3 is 5.32 Å². The van der Waals surface area contributed by atoms with Crippen LogP contribution in [0.15, 0.2) is 12.4 Å². The van der Waals surface area contributed by atoms with Gasteiger partial charge in [-0.25, -0.2) is 0 Å². The Morgan fingerprint density at radius 1 is 1.11 bits per heavy atom. The fourth-order valence-corrected chi connectivity index (χ4v) is 2.17. The average Bonchev–Trinajstić information content (AvgIpc) is 2.83. The van der Waals surface area contributed by atoms with Crippen LogP contribution in [0.25, 0.3) is 0 Å². The summed E-state index contributed by atoms with van der Waals surface area (Å²) in [4.78, 5) is 0. The second-order valence-corrected chi connectivity index (χ2v) is 5.77. The fraction of sp³-hybridized carbons (Fsp3) is 0.812. The highest BCUT2D eigenvalue weighted by Gasteiger charge is 1.99. The van der Waals surface area contributed by atoms with Crippen LogP contribution in [-0.4, -0.2) is 15.8 Å². The lowest BCUT2D eigenvalue weighted by Gasteiger charge is -2.05. The predicted octanol–water partition coefficient (Wildman–Crippen LogP) is 4.13. The maximum atomic E-state index is 4.42. The van der Waals surface area contributed by atoms with Gasteiger partial charge in [0.05, 0.1) is 6.20 Å². The number of rotatable bonds is 11. The molecule has 19 heavy (non-hydrogen) atoms. The Morgan fingerprint density at radius 3 is 2.47 bits per heavy atom. The van der Waals surface area contributed by atoms with E-state index in [-0.39, 0.29) is 0 Å². The van der Waals surface area contributed by atoms with Crippen molar-refractivity contribution in [2.24, 2.45) is 0 Å². The van der Waals surface area contributed by atoms with Gasteiger partial charge >= 0.3 is 0 Å². The van der Waals surface area contributed by atoms with Gasteiger partial charge in [-0.2, -0.15) is 5.10 Å². The molecule has 0 spiro atoms. The van der Waals surface area contributed by atoms with Crippen LogP contribution in [0, 0.1) is 0 Å². The van der Waals surface area contributed by atoms with Gasteiger partial charge in [-0.1, -0.05) is 59.3 Å². The van der Waals surface area contributed by atoms with Crippen molar-refractivity contribution in [2.75, 3.05) is 0 Å².